The lowest BCUT2D eigenvalue weighted by Crippen LogP contribution is -2.47. The van der Waals surface area contributed by atoms with E-state index in [0.29, 0.717) is 19.4 Å². The number of hydrogen-bond acceptors (Lipinski definition) is 2. The topological polar surface area (TPSA) is 65.1 Å². The highest BCUT2D eigenvalue weighted by Crippen LogP contribution is 2.30. The highest BCUT2D eigenvalue weighted by atomic mass is 16.3. The number of amides is 1. The van der Waals surface area contributed by atoms with Crippen LogP contribution < -0.4 is 5.32 Å². The Labute approximate surface area is 124 Å². The van der Waals surface area contributed by atoms with E-state index in [9.17, 15) is 9.90 Å². The molecular weight excluding hydrogens is 264 g/mol. The van der Waals surface area contributed by atoms with Gasteiger partial charge in [0.15, 0.2) is 0 Å². The van der Waals surface area contributed by atoms with E-state index in [4.69, 9.17) is 0 Å². The molecule has 1 aromatic heterocycles. The molecule has 4 nitrogen and oxygen atoms in total. The second-order valence-electron chi connectivity index (χ2n) is 6.22. The van der Waals surface area contributed by atoms with Crippen molar-refractivity contribution in [1.29, 1.82) is 0 Å². The van der Waals surface area contributed by atoms with Crippen LogP contribution in [0, 0.1) is 6.92 Å². The molecule has 1 saturated carbocycles. The van der Waals surface area contributed by atoms with Crippen LogP contribution in [-0.2, 0) is 11.2 Å². The van der Waals surface area contributed by atoms with E-state index >= 15 is 0 Å². The maximum atomic E-state index is 11.9. The van der Waals surface area contributed by atoms with Gasteiger partial charge >= 0.3 is 0 Å². The number of benzene rings is 1. The summed E-state index contributed by atoms with van der Waals surface area (Å²) in [6, 6.07) is 6.30. The highest BCUT2D eigenvalue weighted by Gasteiger charge is 2.34. The van der Waals surface area contributed by atoms with Gasteiger partial charge in [-0.2, -0.15) is 0 Å². The van der Waals surface area contributed by atoms with Crippen molar-refractivity contribution in [1.82, 2.24) is 10.3 Å². The van der Waals surface area contributed by atoms with Crippen LogP contribution in [0.5, 0.6) is 0 Å². The molecule has 1 aromatic carbocycles. The molecule has 4 heteroatoms. The fourth-order valence-corrected chi connectivity index (χ4v) is 2.86. The second kappa shape index (κ2) is 5.53. The molecule has 1 aliphatic rings. The minimum Gasteiger partial charge on any atom is -0.388 e. The molecular formula is C17H22N2O2. The Hall–Kier alpha value is -1.81. The van der Waals surface area contributed by atoms with Crippen molar-refractivity contribution in [2.75, 3.05) is 6.54 Å². The van der Waals surface area contributed by atoms with E-state index in [0.717, 1.165) is 24.8 Å². The summed E-state index contributed by atoms with van der Waals surface area (Å²) in [5.41, 5.74) is 2.86. The molecule has 0 radical (unpaired) electrons. The first kappa shape index (κ1) is 14.1. The molecule has 0 spiro atoms. The van der Waals surface area contributed by atoms with Crippen LogP contribution in [0.15, 0.2) is 24.4 Å². The first-order chi connectivity index (χ1) is 10.1. The maximum Gasteiger partial charge on any atom is 0.220 e. The normalized spacial score (nSPS) is 16.7. The Kier molecular flexibility index (Phi) is 3.72. The third-order valence-electron chi connectivity index (χ3n) is 4.44. The predicted octanol–water partition coefficient (Wildman–Crippen LogP) is 2.44. The van der Waals surface area contributed by atoms with E-state index in [1.54, 1.807) is 0 Å². The minimum absolute atomic E-state index is 0.0114. The molecule has 1 aliphatic carbocycles. The lowest BCUT2D eigenvalue weighted by atomic mass is 9.80. The molecule has 21 heavy (non-hydrogen) atoms. The van der Waals surface area contributed by atoms with Crippen molar-refractivity contribution in [3.63, 3.8) is 0 Å². The van der Waals surface area contributed by atoms with Crippen LogP contribution in [0.25, 0.3) is 10.9 Å². The zero-order valence-corrected chi connectivity index (χ0v) is 12.4. The van der Waals surface area contributed by atoms with Crippen LogP contribution >= 0.6 is 0 Å². The average molecular weight is 286 g/mol. The molecule has 1 fully saturated rings. The number of carbonyl (C=O) groups is 1. The van der Waals surface area contributed by atoms with Crippen molar-refractivity contribution >= 4 is 16.8 Å². The lowest BCUT2D eigenvalue weighted by Gasteiger charge is -2.36. The second-order valence-corrected chi connectivity index (χ2v) is 6.22. The summed E-state index contributed by atoms with van der Waals surface area (Å²) >= 11 is 0. The van der Waals surface area contributed by atoms with Gasteiger partial charge in [-0.05, 0) is 50.3 Å². The molecule has 3 N–H and O–H groups in total. The first-order valence-corrected chi connectivity index (χ1v) is 7.61. The van der Waals surface area contributed by atoms with E-state index < -0.39 is 5.60 Å². The number of rotatable bonds is 5. The SMILES string of the molecule is Cc1ccc2[nH]cc(CCC(=O)NCC3(O)CCC3)c2c1. The smallest absolute Gasteiger partial charge is 0.220 e. The molecule has 0 aliphatic heterocycles. The molecule has 0 saturated heterocycles. The van der Waals surface area contributed by atoms with Gasteiger partial charge in [0.2, 0.25) is 5.91 Å². The van der Waals surface area contributed by atoms with Gasteiger partial charge in [-0.15, -0.1) is 0 Å². The summed E-state index contributed by atoms with van der Waals surface area (Å²) in [7, 11) is 0. The fraction of sp³-hybridized carbons (Fsp3) is 0.471. The number of nitrogens with one attached hydrogen (secondary N) is 2. The molecule has 1 heterocycles. The number of aryl methyl sites for hydroxylation is 2. The first-order valence-electron chi connectivity index (χ1n) is 7.61. The largest absolute Gasteiger partial charge is 0.388 e. The Morgan fingerprint density at radius 1 is 1.43 bits per heavy atom. The standard InChI is InChI=1S/C17H22N2O2/c1-12-3-5-15-14(9-12)13(10-18-15)4-6-16(20)19-11-17(21)7-2-8-17/h3,5,9-10,18,21H,2,4,6-8,11H2,1H3,(H,19,20). The summed E-state index contributed by atoms with van der Waals surface area (Å²) in [6.07, 6.45) is 5.81. The van der Waals surface area contributed by atoms with E-state index in [1.165, 1.54) is 16.5 Å². The number of H-pyrrole nitrogens is 1. The fourth-order valence-electron chi connectivity index (χ4n) is 2.86. The summed E-state index contributed by atoms with van der Waals surface area (Å²) in [4.78, 5) is 15.1. The van der Waals surface area contributed by atoms with E-state index in [1.807, 2.05) is 6.20 Å². The molecule has 112 valence electrons. The Bertz CT molecular complexity index is 656. The van der Waals surface area contributed by atoms with Crippen LogP contribution in [-0.4, -0.2) is 28.1 Å². The minimum atomic E-state index is -0.645. The predicted molar refractivity (Wildman–Crippen MR) is 83.2 cm³/mol. The quantitative estimate of drug-likeness (QED) is 0.790. The number of hydrogen-bond donors (Lipinski definition) is 3. The van der Waals surface area contributed by atoms with Gasteiger partial charge in [-0.1, -0.05) is 11.6 Å². The number of aromatic nitrogens is 1. The van der Waals surface area contributed by atoms with Gasteiger partial charge in [0.1, 0.15) is 0 Å². The highest BCUT2D eigenvalue weighted by molar-refractivity contribution is 5.84. The zero-order valence-electron chi connectivity index (χ0n) is 12.4. The van der Waals surface area contributed by atoms with Crippen molar-refractivity contribution in [2.24, 2.45) is 0 Å². The zero-order chi connectivity index (χ0) is 14.9. The van der Waals surface area contributed by atoms with Gasteiger partial charge in [0.25, 0.3) is 0 Å². The van der Waals surface area contributed by atoms with Crippen LogP contribution in [0.3, 0.4) is 0 Å². The summed E-state index contributed by atoms with van der Waals surface area (Å²) < 4.78 is 0. The Morgan fingerprint density at radius 2 is 2.24 bits per heavy atom. The number of aromatic amines is 1. The van der Waals surface area contributed by atoms with E-state index in [2.05, 4.69) is 35.4 Å². The van der Waals surface area contributed by atoms with Gasteiger partial charge in [0.05, 0.1) is 5.60 Å². The van der Waals surface area contributed by atoms with Crippen molar-refractivity contribution in [2.45, 2.75) is 44.6 Å². The van der Waals surface area contributed by atoms with Crippen molar-refractivity contribution in [3.05, 3.63) is 35.5 Å². The Balaban J connectivity index is 1.56. The van der Waals surface area contributed by atoms with Gasteiger partial charge in [0, 0.05) is 30.1 Å². The molecule has 1 amide bonds. The van der Waals surface area contributed by atoms with Gasteiger partial charge < -0.3 is 15.4 Å². The number of aliphatic hydroxyl groups is 1. The van der Waals surface area contributed by atoms with Crippen molar-refractivity contribution in [3.8, 4) is 0 Å². The molecule has 0 unspecified atom stereocenters. The molecule has 0 bridgehead atoms. The average Bonchev–Trinajstić information content (AvgIpc) is 2.83. The van der Waals surface area contributed by atoms with Crippen molar-refractivity contribution < 1.29 is 9.90 Å². The lowest BCUT2D eigenvalue weighted by molar-refractivity contribution is -0.123. The van der Waals surface area contributed by atoms with Gasteiger partial charge in [-0.3, -0.25) is 4.79 Å². The van der Waals surface area contributed by atoms with E-state index in [-0.39, 0.29) is 5.91 Å². The summed E-state index contributed by atoms with van der Waals surface area (Å²) in [6.45, 7) is 2.46. The molecule has 3 rings (SSSR count). The monoisotopic (exact) mass is 286 g/mol. The van der Waals surface area contributed by atoms with Crippen LogP contribution in [0.4, 0.5) is 0 Å². The van der Waals surface area contributed by atoms with Gasteiger partial charge in [-0.25, -0.2) is 0 Å². The molecule has 2 aromatic rings. The summed E-state index contributed by atoms with van der Waals surface area (Å²) in [5, 5.41) is 14.0. The maximum absolute atomic E-state index is 11.9. The number of fused-ring (bicyclic) bond motifs is 1. The molecule has 0 atom stereocenters. The number of carbonyl (C=O) groups excluding carboxylic acids is 1. The van der Waals surface area contributed by atoms with Crippen LogP contribution in [0.1, 0.15) is 36.8 Å². The third-order valence-corrected chi connectivity index (χ3v) is 4.44. The third kappa shape index (κ3) is 3.10. The summed E-state index contributed by atoms with van der Waals surface area (Å²) in [5.74, 6) is 0.0114. The Morgan fingerprint density at radius 3 is 2.95 bits per heavy atom. The van der Waals surface area contributed by atoms with Crippen LogP contribution in [0.2, 0.25) is 0 Å².